The molecule has 1 amide bonds. The molecular formula is C23H20N4OS. The van der Waals surface area contributed by atoms with Gasteiger partial charge in [-0.2, -0.15) is 5.10 Å². The van der Waals surface area contributed by atoms with Crippen molar-refractivity contribution in [3.63, 3.8) is 0 Å². The summed E-state index contributed by atoms with van der Waals surface area (Å²) in [5, 5.41) is 9.29. The van der Waals surface area contributed by atoms with Crippen LogP contribution in [-0.4, -0.2) is 26.7 Å². The van der Waals surface area contributed by atoms with Gasteiger partial charge in [0.05, 0.1) is 28.0 Å². The molecule has 0 saturated heterocycles. The van der Waals surface area contributed by atoms with E-state index in [1.165, 1.54) is 0 Å². The molecule has 1 fully saturated rings. The maximum Gasteiger partial charge on any atom is 0.252 e. The first-order valence-electron chi connectivity index (χ1n) is 9.69. The number of fused-ring (bicyclic) bond motifs is 1. The van der Waals surface area contributed by atoms with Crippen molar-refractivity contribution >= 4 is 28.6 Å². The number of rotatable bonds is 6. The molecule has 1 aliphatic rings. The van der Waals surface area contributed by atoms with Gasteiger partial charge >= 0.3 is 0 Å². The smallest absolute Gasteiger partial charge is 0.252 e. The first kappa shape index (κ1) is 17.9. The van der Waals surface area contributed by atoms with Crippen LogP contribution in [0.25, 0.3) is 16.6 Å². The SMILES string of the molecule is O=C(NC1CC1)c1cc(SCc2cnn(-c3ccccc3)c2)nc2ccccc12. The molecule has 2 heterocycles. The molecule has 5 rings (SSSR count). The number of para-hydroxylation sites is 2. The number of pyridine rings is 1. The zero-order chi connectivity index (χ0) is 19.6. The van der Waals surface area contributed by atoms with Crippen molar-refractivity contribution in [3.8, 4) is 5.69 Å². The molecule has 6 heteroatoms. The van der Waals surface area contributed by atoms with Crippen molar-refractivity contribution in [3.05, 3.63) is 84.2 Å². The number of hydrogen-bond donors (Lipinski definition) is 1. The Morgan fingerprint density at radius 1 is 1.10 bits per heavy atom. The van der Waals surface area contributed by atoms with Gasteiger partial charge in [-0.3, -0.25) is 4.79 Å². The molecule has 1 saturated carbocycles. The van der Waals surface area contributed by atoms with Gasteiger partial charge in [0, 0.05) is 28.9 Å². The van der Waals surface area contributed by atoms with Gasteiger partial charge in [0.25, 0.3) is 5.91 Å². The lowest BCUT2D eigenvalue weighted by Gasteiger charge is -2.09. The molecule has 4 aromatic rings. The Balaban J connectivity index is 1.38. The number of carbonyl (C=O) groups is 1. The molecule has 2 aromatic carbocycles. The minimum atomic E-state index is -0.00940. The summed E-state index contributed by atoms with van der Waals surface area (Å²) in [6.45, 7) is 0. The molecule has 1 aliphatic carbocycles. The quantitative estimate of drug-likeness (QED) is 0.480. The first-order valence-corrected chi connectivity index (χ1v) is 10.7. The zero-order valence-electron chi connectivity index (χ0n) is 15.8. The molecule has 29 heavy (non-hydrogen) atoms. The molecule has 0 atom stereocenters. The van der Waals surface area contributed by atoms with Gasteiger partial charge in [0.2, 0.25) is 0 Å². The van der Waals surface area contributed by atoms with Gasteiger partial charge in [-0.15, -0.1) is 11.8 Å². The van der Waals surface area contributed by atoms with Crippen molar-refractivity contribution in [2.75, 3.05) is 0 Å². The third-order valence-electron chi connectivity index (χ3n) is 4.89. The van der Waals surface area contributed by atoms with Crippen molar-refractivity contribution in [1.29, 1.82) is 0 Å². The van der Waals surface area contributed by atoms with Crippen LogP contribution in [-0.2, 0) is 5.75 Å². The Kier molecular flexibility index (Phi) is 4.77. The largest absolute Gasteiger partial charge is 0.349 e. The minimum absolute atomic E-state index is 0.00940. The maximum absolute atomic E-state index is 12.7. The van der Waals surface area contributed by atoms with E-state index in [1.807, 2.05) is 77.7 Å². The second-order valence-electron chi connectivity index (χ2n) is 7.19. The standard InChI is InChI=1S/C23H20N4OS/c28-23(25-17-10-11-17)20-12-22(26-21-9-5-4-8-19(20)21)29-15-16-13-24-27(14-16)18-6-2-1-3-7-18/h1-9,12-14,17H,10-11,15H2,(H,25,28). The van der Waals surface area contributed by atoms with Gasteiger partial charge in [0.15, 0.2) is 0 Å². The molecule has 0 bridgehead atoms. The molecule has 144 valence electrons. The van der Waals surface area contributed by atoms with E-state index in [4.69, 9.17) is 4.98 Å². The van der Waals surface area contributed by atoms with Crippen LogP contribution in [0.5, 0.6) is 0 Å². The second kappa shape index (κ2) is 7.72. The predicted octanol–water partition coefficient (Wildman–Crippen LogP) is 4.61. The first-order chi connectivity index (χ1) is 14.3. The van der Waals surface area contributed by atoms with E-state index >= 15 is 0 Å². The Morgan fingerprint density at radius 3 is 2.72 bits per heavy atom. The van der Waals surface area contributed by atoms with Crippen LogP contribution >= 0.6 is 11.8 Å². The number of aromatic nitrogens is 3. The summed E-state index contributed by atoms with van der Waals surface area (Å²) in [4.78, 5) is 17.5. The van der Waals surface area contributed by atoms with E-state index < -0.39 is 0 Å². The van der Waals surface area contributed by atoms with E-state index in [2.05, 4.69) is 10.4 Å². The molecule has 0 radical (unpaired) electrons. The zero-order valence-corrected chi connectivity index (χ0v) is 16.6. The molecule has 0 unspecified atom stereocenters. The van der Waals surface area contributed by atoms with Gasteiger partial charge < -0.3 is 5.32 Å². The van der Waals surface area contributed by atoms with E-state index in [0.717, 1.165) is 45.8 Å². The number of benzene rings is 2. The van der Waals surface area contributed by atoms with Gasteiger partial charge in [-0.1, -0.05) is 36.4 Å². The van der Waals surface area contributed by atoms with Crippen molar-refractivity contribution < 1.29 is 4.79 Å². The summed E-state index contributed by atoms with van der Waals surface area (Å²) in [6.07, 6.45) is 6.05. The normalized spacial score (nSPS) is 13.5. The summed E-state index contributed by atoms with van der Waals surface area (Å²) in [5.41, 5.74) is 3.69. The molecule has 1 N–H and O–H groups in total. The van der Waals surface area contributed by atoms with Gasteiger partial charge in [-0.05, 0) is 37.1 Å². The second-order valence-corrected chi connectivity index (χ2v) is 8.19. The number of amides is 1. The van der Waals surface area contributed by atoms with Crippen LogP contribution in [0.2, 0.25) is 0 Å². The minimum Gasteiger partial charge on any atom is -0.349 e. The summed E-state index contributed by atoms with van der Waals surface area (Å²) in [6, 6.07) is 20.1. The van der Waals surface area contributed by atoms with E-state index in [-0.39, 0.29) is 5.91 Å². The average molecular weight is 401 g/mol. The Labute approximate surface area is 173 Å². The summed E-state index contributed by atoms with van der Waals surface area (Å²) in [5.74, 6) is 0.729. The van der Waals surface area contributed by atoms with Crippen molar-refractivity contribution in [1.82, 2.24) is 20.1 Å². The van der Waals surface area contributed by atoms with Crippen molar-refractivity contribution in [2.24, 2.45) is 0 Å². The van der Waals surface area contributed by atoms with Crippen LogP contribution in [0.15, 0.2) is 78.1 Å². The summed E-state index contributed by atoms with van der Waals surface area (Å²) in [7, 11) is 0. The lowest BCUT2D eigenvalue weighted by Crippen LogP contribution is -2.25. The third-order valence-corrected chi connectivity index (χ3v) is 5.88. The highest BCUT2D eigenvalue weighted by Crippen LogP contribution is 2.28. The Hall–Kier alpha value is -3.12. The highest BCUT2D eigenvalue weighted by Gasteiger charge is 2.25. The van der Waals surface area contributed by atoms with Crippen molar-refractivity contribution in [2.45, 2.75) is 29.7 Å². The van der Waals surface area contributed by atoms with Crippen LogP contribution in [0, 0.1) is 0 Å². The average Bonchev–Trinajstić information content (AvgIpc) is 3.45. The van der Waals surface area contributed by atoms with E-state index in [1.54, 1.807) is 11.8 Å². The third kappa shape index (κ3) is 4.03. The molecule has 0 spiro atoms. The lowest BCUT2D eigenvalue weighted by molar-refractivity contribution is 0.0952. The number of nitrogens with zero attached hydrogens (tertiary/aromatic N) is 3. The number of carbonyl (C=O) groups excluding carboxylic acids is 1. The predicted molar refractivity (Wildman–Crippen MR) is 115 cm³/mol. The highest BCUT2D eigenvalue weighted by molar-refractivity contribution is 7.98. The molecule has 2 aromatic heterocycles. The fraction of sp³-hybridized carbons (Fsp3) is 0.174. The lowest BCUT2D eigenvalue weighted by atomic mass is 10.1. The fourth-order valence-electron chi connectivity index (χ4n) is 3.22. The van der Waals surface area contributed by atoms with Crippen LogP contribution in [0.4, 0.5) is 0 Å². The van der Waals surface area contributed by atoms with Crippen LogP contribution < -0.4 is 5.32 Å². The number of nitrogens with one attached hydrogen (secondary N) is 1. The van der Waals surface area contributed by atoms with E-state index in [9.17, 15) is 4.79 Å². The van der Waals surface area contributed by atoms with E-state index in [0.29, 0.717) is 11.6 Å². The number of hydrogen-bond acceptors (Lipinski definition) is 4. The summed E-state index contributed by atoms with van der Waals surface area (Å²) >= 11 is 1.62. The molecule has 5 nitrogen and oxygen atoms in total. The maximum atomic E-state index is 12.7. The van der Waals surface area contributed by atoms with Crippen LogP contribution in [0.1, 0.15) is 28.8 Å². The topological polar surface area (TPSA) is 59.8 Å². The van der Waals surface area contributed by atoms with Crippen LogP contribution in [0.3, 0.4) is 0 Å². The molecule has 0 aliphatic heterocycles. The van der Waals surface area contributed by atoms with Gasteiger partial charge in [-0.25, -0.2) is 9.67 Å². The Bertz CT molecular complexity index is 1170. The highest BCUT2D eigenvalue weighted by atomic mass is 32.2. The Morgan fingerprint density at radius 2 is 1.90 bits per heavy atom. The number of thioether (sulfide) groups is 1. The van der Waals surface area contributed by atoms with Gasteiger partial charge in [0.1, 0.15) is 0 Å². The fourth-order valence-corrected chi connectivity index (χ4v) is 4.05. The molecular weight excluding hydrogens is 380 g/mol. The monoisotopic (exact) mass is 400 g/mol. The summed E-state index contributed by atoms with van der Waals surface area (Å²) < 4.78 is 1.87.